The van der Waals surface area contributed by atoms with Crippen molar-refractivity contribution in [3.8, 4) is 17.2 Å². The van der Waals surface area contributed by atoms with Gasteiger partial charge in [-0.2, -0.15) is 9.78 Å². The van der Waals surface area contributed by atoms with E-state index in [2.05, 4.69) is 5.10 Å². The smallest absolute Gasteiger partial charge is 0.275 e. The average molecular weight is 267 g/mol. The highest BCUT2D eigenvalue weighted by Crippen LogP contribution is 2.21. The van der Waals surface area contributed by atoms with Crippen molar-refractivity contribution in [3.63, 3.8) is 0 Å². The summed E-state index contributed by atoms with van der Waals surface area (Å²) in [7, 11) is 1.51. The molecule has 2 rings (SSSR count). The lowest BCUT2D eigenvalue weighted by Crippen LogP contribution is -2.21. The third-order valence-corrected chi connectivity index (χ3v) is 2.68. The summed E-state index contributed by atoms with van der Waals surface area (Å²) < 4.78 is 6.31. The van der Waals surface area contributed by atoms with Crippen molar-refractivity contribution in [3.05, 3.63) is 46.4 Å². The fourth-order valence-electron chi connectivity index (χ4n) is 1.56. The van der Waals surface area contributed by atoms with Crippen LogP contribution < -0.4 is 10.3 Å². The summed E-state index contributed by atoms with van der Waals surface area (Å²) in [6.07, 6.45) is 0. The molecule has 0 aliphatic carbocycles. The van der Waals surface area contributed by atoms with Crippen LogP contribution in [0.15, 0.2) is 35.1 Å². The van der Waals surface area contributed by atoms with Crippen LogP contribution in [-0.2, 0) is 5.88 Å². The van der Waals surface area contributed by atoms with Crippen molar-refractivity contribution in [1.82, 2.24) is 9.78 Å². The Balaban J connectivity index is 2.67. The van der Waals surface area contributed by atoms with Crippen LogP contribution in [-0.4, -0.2) is 22.0 Å². The quantitative estimate of drug-likeness (QED) is 0.859. The molecule has 0 amide bonds. The lowest BCUT2D eigenvalue weighted by molar-refractivity contribution is 0.410. The van der Waals surface area contributed by atoms with E-state index in [0.29, 0.717) is 11.4 Å². The van der Waals surface area contributed by atoms with E-state index in [0.717, 1.165) is 10.7 Å². The van der Waals surface area contributed by atoms with Crippen molar-refractivity contribution in [1.29, 1.82) is 0 Å². The van der Waals surface area contributed by atoms with E-state index in [4.69, 9.17) is 16.3 Å². The number of benzene rings is 1. The number of hydrogen-bond acceptors (Lipinski definition) is 4. The van der Waals surface area contributed by atoms with E-state index in [1.165, 1.54) is 7.11 Å². The molecule has 0 bridgehead atoms. The monoisotopic (exact) mass is 266 g/mol. The molecule has 1 heterocycles. The molecule has 0 radical (unpaired) electrons. The molecule has 1 N–H and O–H groups in total. The molecule has 1 aromatic carbocycles. The van der Waals surface area contributed by atoms with Gasteiger partial charge < -0.3 is 9.84 Å². The number of para-hydroxylation sites is 2. The molecule has 0 saturated heterocycles. The molecular weight excluding hydrogens is 256 g/mol. The van der Waals surface area contributed by atoms with Gasteiger partial charge in [0.05, 0.1) is 13.0 Å². The number of aromatic nitrogens is 2. The first kappa shape index (κ1) is 12.4. The second-order valence-corrected chi connectivity index (χ2v) is 3.80. The van der Waals surface area contributed by atoms with Crippen molar-refractivity contribution in [2.45, 2.75) is 5.88 Å². The topological polar surface area (TPSA) is 64.3 Å². The van der Waals surface area contributed by atoms with Gasteiger partial charge in [-0.05, 0) is 12.1 Å². The number of methoxy groups -OCH3 is 1. The van der Waals surface area contributed by atoms with Gasteiger partial charge in [0.1, 0.15) is 22.9 Å². The first-order valence-electron chi connectivity index (χ1n) is 5.19. The number of halogens is 1. The van der Waals surface area contributed by atoms with Gasteiger partial charge in [0.25, 0.3) is 5.56 Å². The predicted molar refractivity (Wildman–Crippen MR) is 67.6 cm³/mol. The summed E-state index contributed by atoms with van der Waals surface area (Å²) in [6, 6.07) is 8.05. The molecule has 0 atom stereocenters. The molecule has 1 aromatic heterocycles. The molecule has 94 valence electrons. The van der Waals surface area contributed by atoms with Crippen molar-refractivity contribution >= 4 is 11.6 Å². The first-order valence-corrected chi connectivity index (χ1v) is 5.72. The molecule has 6 heteroatoms. The largest absolute Gasteiger partial charge is 0.506 e. The molecule has 0 aliphatic rings. The normalized spacial score (nSPS) is 10.3. The van der Waals surface area contributed by atoms with Crippen LogP contribution in [0.4, 0.5) is 0 Å². The van der Waals surface area contributed by atoms with Crippen LogP contribution in [0, 0.1) is 0 Å². The van der Waals surface area contributed by atoms with E-state index >= 15 is 0 Å². The van der Waals surface area contributed by atoms with E-state index in [-0.39, 0.29) is 17.3 Å². The van der Waals surface area contributed by atoms with Gasteiger partial charge in [0.15, 0.2) is 0 Å². The fourth-order valence-corrected chi connectivity index (χ4v) is 1.75. The summed E-state index contributed by atoms with van der Waals surface area (Å²) in [5, 5.41) is 13.5. The van der Waals surface area contributed by atoms with E-state index < -0.39 is 5.56 Å². The van der Waals surface area contributed by atoms with Crippen LogP contribution in [0.25, 0.3) is 5.69 Å². The maximum Gasteiger partial charge on any atom is 0.275 e. The minimum atomic E-state index is -0.453. The van der Waals surface area contributed by atoms with Gasteiger partial charge in [-0.3, -0.25) is 4.79 Å². The molecular formula is C12H11ClN2O3. The maximum atomic E-state index is 11.8. The predicted octanol–water partition coefficient (Wildman–Crippen LogP) is 1.69. The SMILES string of the molecule is COc1ccccc1-n1nc(CCl)c(O)cc1=O. The van der Waals surface area contributed by atoms with Gasteiger partial charge >= 0.3 is 0 Å². The van der Waals surface area contributed by atoms with Gasteiger partial charge in [0.2, 0.25) is 0 Å². The number of ether oxygens (including phenoxy) is 1. The number of rotatable bonds is 3. The number of aromatic hydroxyl groups is 1. The minimum Gasteiger partial charge on any atom is -0.506 e. The van der Waals surface area contributed by atoms with Crippen LogP contribution in [0.5, 0.6) is 11.5 Å². The third kappa shape index (κ3) is 2.17. The number of alkyl halides is 1. The zero-order valence-electron chi connectivity index (χ0n) is 9.63. The Kier molecular flexibility index (Phi) is 3.53. The summed E-state index contributed by atoms with van der Waals surface area (Å²) in [5.41, 5.74) is 0.282. The van der Waals surface area contributed by atoms with Gasteiger partial charge in [0, 0.05) is 6.07 Å². The lowest BCUT2D eigenvalue weighted by atomic mass is 10.3. The second-order valence-electron chi connectivity index (χ2n) is 3.53. The molecule has 0 aliphatic heterocycles. The Morgan fingerprint density at radius 3 is 2.83 bits per heavy atom. The third-order valence-electron chi connectivity index (χ3n) is 2.43. The molecule has 0 fully saturated rings. The zero-order valence-corrected chi connectivity index (χ0v) is 10.4. The highest BCUT2D eigenvalue weighted by molar-refractivity contribution is 6.17. The van der Waals surface area contributed by atoms with Gasteiger partial charge in [-0.25, -0.2) is 0 Å². The molecule has 2 aromatic rings. The van der Waals surface area contributed by atoms with Gasteiger partial charge in [-0.1, -0.05) is 12.1 Å². The highest BCUT2D eigenvalue weighted by Gasteiger charge is 2.11. The first-order chi connectivity index (χ1) is 8.67. The summed E-state index contributed by atoms with van der Waals surface area (Å²) in [4.78, 5) is 11.8. The van der Waals surface area contributed by atoms with E-state index in [1.54, 1.807) is 24.3 Å². The van der Waals surface area contributed by atoms with E-state index in [1.807, 2.05) is 0 Å². The molecule has 18 heavy (non-hydrogen) atoms. The fraction of sp³-hybridized carbons (Fsp3) is 0.167. The maximum absolute atomic E-state index is 11.8. The highest BCUT2D eigenvalue weighted by atomic mass is 35.5. The Hall–Kier alpha value is -2.01. The summed E-state index contributed by atoms with van der Waals surface area (Å²) >= 11 is 5.65. The number of hydrogen-bond donors (Lipinski definition) is 1. The molecule has 5 nitrogen and oxygen atoms in total. The Morgan fingerprint density at radius 2 is 2.17 bits per heavy atom. The minimum absolute atomic E-state index is 0.0151. The van der Waals surface area contributed by atoms with Crippen molar-refractivity contribution < 1.29 is 9.84 Å². The van der Waals surface area contributed by atoms with Crippen LogP contribution in [0.1, 0.15) is 5.69 Å². The Labute approximate surface area is 108 Å². The molecule has 0 spiro atoms. The standard InChI is InChI=1S/C12H11ClN2O3/c1-18-11-5-3-2-4-9(11)15-12(17)6-10(16)8(7-13)14-15/h2-6,16H,7H2,1H3. The van der Waals surface area contributed by atoms with Crippen LogP contribution in [0.3, 0.4) is 0 Å². The Morgan fingerprint density at radius 1 is 1.44 bits per heavy atom. The Bertz CT molecular complexity index is 625. The zero-order chi connectivity index (χ0) is 13.1. The van der Waals surface area contributed by atoms with Crippen LogP contribution in [0.2, 0.25) is 0 Å². The summed E-state index contributed by atoms with van der Waals surface area (Å²) in [6.45, 7) is 0. The van der Waals surface area contributed by atoms with Gasteiger partial charge in [-0.15, -0.1) is 11.6 Å². The second kappa shape index (κ2) is 5.10. The summed E-state index contributed by atoms with van der Waals surface area (Å²) in [5.74, 6) is 0.320. The van der Waals surface area contributed by atoms with Crippen molar-refractivity contribution in [2.75, 3.05) is 7.11 Å². The molecule has 0 unspecified atom stereocenters. The van der Waals surface area contributed by atoms with Crippen molar-refractivity contribution in [2.24, 2.45) is 0 Å². The van der Waals surface area contributed by atoms with Crippen LogP contribution >= 0.6 is 11.6 Å². The lowest BCUT2D eigenvalue weighted by Gasteiger charge is -2.10. The average Bonchev–Trinajstić information content (AvgIpc) is 2.39. The molecule has 0 saturated carbocycles. The van der Waals surface area contributed by atoms with E-state index in [9.17, 15) is 9.90 Å². The number of nitrogens with zero attached hydrogens (tertiary/aromatic N) is 2.